The standard InChI is InChI=1S/C20H37NO5Si/c1-11-12-20(16(22)24-8)13-15(26-27(9,10)19(5,6)7)14-21(20)17(23)25-18(2,3)4/h11,15H,1,12-14H2,2-10H3/t15-,20+/m1/s1. The van der Waals surface area contributed by atoms with Gasteiger partial charge in [-0.3, -0.25) is 4.90 Å². The molecule has 0 unspecified atom stereocenters. The van der Waals surface area contributed by atoms with Gasteiger partial charge in [-0.2, -0.15) is 0 Å². The highest BCUT2D eigenvalue weighted by Gasteiger charge is 2.56. The number of hydrogen-bond donors (Lipinski definition) is 0. The van der Waals surface area contributed by atoms with Crippen molar-refractivity contribution >= 4 is 20.4 Å². The molecule has 1 heterocycles. The lowest BCUT2D eigenvalue weighted by Gasteiger charge is -2.38. The Morgan fingerprint density at radius 3 is 2.19 bits per heavy atom. The summed E-state index contributed by atoms with van der Waals surface area (Å²) in [6.07, 6.45) is 1.52. The second-order valence-corrected chi connectivity index (χ2v) is 14.6. The van der Waals surface area contributed by atoms with Gasteiger partial charge in [0.2, 0.25) is 0 Å². The van der Waals surface area contributed by atoms with E-state index in [1.54, 1.807) is 26.8 Å². The fourth-order valence-electron chi connectivity index (χ4n) is 3.07. The van der Waals surface area contributed by atoms with Gasteiger partial charge in [0.25, 0.3) is 0 Å². The third kappa shape index (κ3) is 5.35. The Morgan fingerprint density at radius 2 is 1.78 bits per heavy atom. The zero-order valence-corrected chi connectivity index (χ0v) is 19.5. The van der Waals surface area contributed by atoms with E-state index < -0.39 is 31.5 Å². The SMILES string of the molecule is C=CC[C@@]1(C(=O)OC)C[C@@H](O[Si](C)(C)C(C)(C)C)CN1C(=O)OC(C)(C)C. The Kier molecular flexibility index (Phi) is 6.98. The molecule has 1 aliphatic rings. The maximum Gasteiger partial charge on any atom is 0.411 e. The molecule has 1 fully saturated rings. The van der Waals surface area contributed by atoms with E-state index in [2.05, 4.69) is 40.4 Å². The summed E-state index contributed by atoms with van der Waals surface area (Å²) in [6, 6.07) is 0. The van der Waals surface area contributed by atoms with Crippen molar-refractivity contribution in [2.45, 2.75) is 89.8 Å². The van der Waals surface area contributed by atoms with Gasteiger partial charge in [-0.1, -0.05) is 26.8 Å². The van der Waals surface area contributed by atoms with Gasteiger partial charge < -0.3 is 13.9 Å². The van der Waals surface area contributed by atoms with Crippen molar-refractivity contribution in [3.8, 4) is 0 Å². The van der Waals surface area contributed by atoms with Gasteiger partial charge in [0, 0.05) is 6.42 Å². The van der Waals surface area contributed by atoms with Crippen molar-refractivity contribution < 1.29 is 23.5 Å². The zero-order valence-electron chi connectivity index (χ0n) is 18.5. The summed E-state index contributed by atoms with van der Waals surface area (Å²) >= 11 is 0. The van der Waals surface area contributed by atoms with Crippen LogP contribution in [0.25, 0.3) is 0 Å². The quantitative estimate of drug-likeness (QED) is 0.387. The van der Waals surface area contributed by atoms with E-state index in [9.17, 15) is 9.59 Å². The van der Waals surface area contributed by atoms with Crippen molar-refractivity contribution in [1.29, 1.82) is 0 Å². The topological polar surface area (TPSA) is 65.1 Å². The van der Waals surface area contributed by atoms with E-state index in [-0.39, 0.29) is 17.6 Å². The fourth-order valence-corrected chi connectivity index (χ4v) is 4.41. The third-order valence-corrected chi connectivity index (χ3v) is 9.93. The minimum atomic E-state index is -2.07. The van der Waals surface area contributed by atoms with E-state index in [4.69, 9.17) is 13.9 Å². The largest absolute Gasteiger partial charge is 0.467 e. The normalized spacial score (nSPS) is 23.9. The molecule has 0 aromatic carbocycles. The van der Waals surface area contributed by atoms with Crippen molar-refractivity contribution in [1.82, 2.24) is 4.90 Å². The molecule has 156 valence electrons. The molecule has 7 heteroatoms. The van der Waals surface area contributed by atoms with Crippen LogP contribution in [0.3, 0.4) is 0 Å². The van der Waals surface area contributed by atoms with Crippen LogP contribution in [0.5, 0.6) is 0 Å². The Labute approximate surface area is 165 Å². The van der Waals surface area contributed by atoms with E-state index in [0.29, 0.717) is 13.0 Å². The summed E-state index contributed by atoms with van der Waals surface area (Å²) in [5.41, 5.74) is -1.81. The summed E-state index contributed by atoms with van der Waals surface area (Å²) in [5.74, 6) is -0.463. The number of nitrogens with zero attached hydrogens (tertiary/aromatic N) is 1. The predicted octanol–water partition coefficient (Wildman–Crippen LogP) is 4.51. The smallest absolute Gasteiger partial charge is 0.411 e. The van der Waals surface area contributed by atoms with Gasteiger partial charge in [-0.05, 0) is 45.3 Å². The Hall–Kier alpha value is -1.34. The monoisotopic (exact) mass is 399 g/mol. The number of likely N-dealkylation sites (tertiary alicyclic amines) is 1. The summed E-state index contributed by atoms with van der Waals surface area (Å²) < 4.78 is 17.1. The first-order valence-electron chi connectivity index (χ1n) is 9.47. The lowest BCUT2D eigenvalue weighted by Crippen LogP contribution is -2.54. The van der Waals surface area contributed by atoms with Crippen LogP contribution >= 0.6 is 0 Å². The summed E-state index contributed by atoms with van der Waals surface area (Å²) in [5, 5.41) is 0.0265. The van der Waals surface area contributed by atoms with E-state index in [1.165, 1.54) is 12.0 Å². The molecule has 6 nitrogen and oxygen atoms in total. The zero-order chi connectivity index (χ0) is 21.3. The summed E-state index contributed by atoms with van der Waals surface area (Å²) in [7, 11) is -0.733. The van der Waals surface area contributed by atoms with E-state index in [0.717, 1.165) is 0 Å². The van der Waals surface area contributed by atoms with Gasteiger partial charge in [-0.25, -0.2) is 9.59 Å². The molecule has 1 amide bonds. The first-order valence-corrected chi connectivity index (χ1v) is 12.4. The maximum atomic E-state index is 12.9. The molecular formula is C20H37NO5Si. The molecule has 0 saturated carbocycles. The minimum absolute atomic E-state index is 0.0265. The average Bonchev–Trinajstić information content (AvgIpc) is 2.82. The maximum absolute atomic E-state index is 12.9. The molecule has 27 heavy (non-hydrogen) atoms. The van der Waals surface area contributed by atoms with Crippen LogP contribution in [-0.4, -0.2) is 56.2 Å². The second kappa shape index (κ2) is 7.95. The highest BCUT2D eigenvalue weighted by molar-refractivity contribution is 6.74. The number of esters is 1. The van der Waals surface area contributed by atoms with Crippen molar-refractivity contribution in [2.24, 2.45) is 0 Å². The van der Waals surface area contributed by atoms with E-state index >= 15 is 0 Å². The van der Waals surface area contributed by atoms with Crippen molar-refractivity contribution in [3.63, 3.8) is 0 Å². The van der Waals surface area contributed by atoms with Crippen LogP contribution in [-0.2, 0) is 18.7 Å². The first-order chi connectivity index (χ1) is 12.1. The Balaban J connectivity index is 3.25. The van der Waals surface area contributed by atoms with Gasteiger partial charge in [0.15, 0.2) is 8.32 Å². The van der Waals surface area contributed by atoms with Crippen LogP contribution in [0.15, 0.2) is 12.7 Å². The number of rotatable bonds is 5. The van der Waals surface area contributed by atoms with Gasteiger partial charge in [0.1, 0.15) is 11.1 Å². The van der Waals surface area contributed by atoms with Crippen LogP contribution in [0.2, 0.25) is 18.1 Å². The Bertz CT molecular complexity index is 576. The van der Waals surface area contributed by atoms with Crippen molar-refractivity contribution in [3.05, 3.63) is 12.7 Å². The molecule has 0 radical (unpaired) electrons. The molecule has 0 bridgehead atoms. The lowest BCUT2D eigenvalue weighted by atomic mass is 9.91. The summed E-state index contributed by atoms with van der Waals surface area (Å²) in [6.45, 7) is 20.3. The Morgan fingerprint density at radius 1 is 1.22 bits per heavy atom. The summed E-state index contributed by atoms with van der Waals surface area (Å²) in [4.78, 5) is 27.1. The highest BCUT2D eigenvalue weighted by Crippen LogP contribution is 2.42. The van der Waals surface area contributed by atoms with Gasteiger partial charge in [-0.15, -0.1) is 6.58 Å². The van der Waals surface area contributed by atoms with E-state index in [1.807, 2.05) is 0 Å². The van der Waals surface area contributed by atoms with Gasteiger partial charge in [0.05, 0.1) is 19.8 Å². The number of methoxy groups -OCH3 is 1. The molecule has 0 aliphatic carbocycles. The number of amides is 1. The molecule has 0 N–H and O–H groups in total. The molecule has 0 aromatic rings. The number of carbonyl (C=O) groups is 2. The average molecular weight is 400 g/mol. The molecule has 0 spiro atoms. The fraction of sp³-hybridized carbons (Fsp3) is 0.800. The van der Waals surface area contributed by atoms with Crippen LogP contribution in [0, 0.1) is 0 Å². The number of hydrogen-bond acceptors (Lipinski definition) is 5. The highest BCUT2D eigenvalue weighted by atomic mass is 28.4. The van der Waals surface area contributed by atoms with Crippen LogP contribution in [0.1, 0.15) is 54.4 Å². The number of ether oxygens (including phenoxy) is 2. The van der Waals surface area contributed by atoms with Crippen LogP contribution in [0.4, 0.5) is 4.79 Å². The molecule has 1 saturated heterocycles. The molecule has 0 aromatic heterocycles. The van der Waals surface area contributed by atoms with Crippen LogP contribution < -0.4 is 0 Å². The lowest BCUT2D eigenvalue weighted by molar-refractivity contribution is -0.153. The molecular weight excluding hydrogens is 362 g/mol. The molecule has 2 atom stereocenters. The molecule has 1 rings (SSSR count). The number of carbonyl (C=O) groups excluding carboxylic acids is 2. The second-order valence-electron chi connectivity index (χ2n) is 9.81. The predicted molar refractivity (Wildman–Crippen MR) is 109 cm³/mol. The molecule has 1 aliphatic heterocycles. The van der Waals surface area contributed by atoms with Gasteiger partial charge >= 0.3 is 12.1 Å². The minimum Gasteiger partial charge on any atom is -0.467 e. The van der Waals surface area contributed by atoms with Crippen molar-refractivity contribution in [2.75, 3.05) is 13.7 Å². The third-order valence-electron chi connectivity index (χ3n) is 5.40. The first kappa shape index (κ1) is 23.7.